The van der Waals surface area contributed by atoms with Gasteiger partial charge in [-0.2, -0.15) is 0 Å². The molecule has 1 unspecified atom stereocenters. The van der Waals surface area contributed by atoms with Gasteiger partial charge in [0.25, 0.3) is 0 Å². The van der Waals surface area contributed by atoms with E-state index in [9.17, 15) is 4.79 Å². The summed E-state index contributed by atoms with van der Waals surface area (Å²) in [7, 11) is 0. The molecule has 0 aliphatic carbocycles. The van der Waals surface area contributed by atoms with Crippen molar-refractivity contribution in [3.8, 4) is 0 Å². The summed E-state index contributed by atoms with van der Waals surface area (Å²) in [5, 5.41) is 3.73. The highest BCUT2D eigenvalue weighted by atomic mass is 16.2. The predicted molar refractivity (Wildman–Crippen MR) is 81.1 cm³/mol. The Hall–Kier alpha value is -0.570. The number of hydrogen-bond donors (Lipinski definition) is 1. The van der Waals surface area contributed by atoms with Gasteiger partial charge in [0.1, 0.15) is 0 Å². The molecule has 1 atom stereocenters. The second-order valence-corrected chi connectivity index (χ2v) is 6.97. The first-order chi connectivity index (χ1) is 8.88. The molecule has 1 aliphatic heterocycles. The molecule has 0 radical (unpaired) electrons. The van der Waals surface area contributed by atoms with Gasteiger partial charge < -0.3 is 10.2 Å². The second kappa shape index (κ2) is 7.88. The van der Waals surface area contributed by atoms with E-state index in [-0.39, 0.29) is 0 Å². The molecule has 3 heteroatoms. The summed E-state index contributed by atoms with van der Waals surface area (Å²) in [6.45, 7) is 13.1. The lowest BCUT2D eigenvalue weighted by atomic mass is 9.95. The summed E-state index contributed by atoms with van der Waals surface area (Å²) in [4.78, 5) is 13.7. The maximum Gasteiger partial charge on any atom is 0.222 e. The number of nitrogens with one attached hydrogen (secondary N) is 1. The molecule has 0 aromatic rings. The summed E-state index contributed by atoms with van der Waals surface area (Å²) < 4.78 is 0. The Labute approximate surface area is 119 Å². The molecule has 0 aromatic carbocycles. The lowest BCUT2D eigenvalue weighted by molar-refractivity contribution is -0.128. The first-order valence-electron chi connectivity index (χ1n) is 7.92. The third-order valence-electron chi connectivity index (χ3n) is 3.70. The molecule has 1 rings (SSSR count). The third kappa shape index (κ3) is 6.42. The molecule has 0 spiro atoms. The molecule has 1 saturated heterocycles. The van der Waals surface area contributed by atoms with Crippen LogP contribution in [0.15, 0.2) is 0 Å². The van der Waals surface area contributed by atoms with Crippen molar-refractivity contribution in [3.63, 3.8) is 0 Å². The number of hydrogen-bond acceptors (Lipinski definition) is 2. The van der Waals surface area contributed by atoms with Crippen LogP contribution in [0.2, 0.25) is 0 Å². The number of rotatable bonds is 8. The average Bonchev–Trinajstić information content (AvgIpc) is 2.61. The van der Waals surface area contributed by atoms with Crippen molar-refractivity contribution in [2.45, 2.75) is 72.4 Å². The maximum atomic E-state index is 11.6. The van der Waals surface area contributed by atoms with Crippen molar-refractivity contribution >= 4 is 5.91 Å². The van der Waals surface area contributed by atoms with Crippen LogP contribution in [0.3, 0.4) is 0 Å². The maximum absolute atomic E-state index is 11.6. The van der Waals surface area contributed by atoms with E-state index < -0.39 is 0 Å². The van der Waals surface area contributed by atoms with Gasteiger partial charge in [-0.1, -0.05) is 27.7 Å². The third-order valence-corrected chi connectivity index (χ3v) is 3.70. The van der Waals surface area contributed by atoms with Crippen LogP contribution in [-0.2, 0) is 4.79 Å². The smallest absolute Gasteiger partial charge is 0.222 e. The molecular formula is C16H32N2O. The van der Waals surface area contributed by atoms with Crippen molar-refractivity contribution in [1.29, 1.82) is 0 Å². The van der Waals surface area contributed by atoms with E-state index in [1.54, 1.807) is 0 Å². The standard InChI is InChI=1S/C16H32N2O/c1-12(2)9-15(10-13(3)4)17-14(5)11-18-8-6-7-16(18)19/h12-15,17H,6-11H2,1-5H3. The Morgan fingerprint density at radius 3 is 2.11 bits per heavy atom. The van der Waals surface area contributed by atoms with Crippen LogP contribution >= 0.6 is 0 Å². The fraction of sp³-hybridized carbons (Fsp3) is 0.938. The SMILES string of the molecule is CC(C)CC(CC(C)C)NC(C)CN1CCCC1=O. The van der Waals surface area contributed by atoms with E-state index in [4.69, 9.17) is 0 Å². The largest absolute Gasteiger partial charge is 0.341 e. The molecule has 1 N–H and O–H groups in total. The average molecular weight is 268 g/mol. The van der Waals surface area contributed by atoms with E-state index in [0.29, 0.717) is 18.0 Å². The zero-order chi connectivity index (χ0) is 14.4. The van der Waals surface area contributed by atoms with Crippen LogP contribution < -0.4 is 5.32 Å². The van der Waals surface area contributed by atoms with Crippen LogP contribution in [0.25, 0.3) is 0 Å². The molecule has 1 aliphatic rings. The second-order valence-electron chi connectivity index (χ2n) is 6.97. The highest BCUT2D eigenvalue weighted by Crippen LogP contribution is 2.15. The van der Waals surface area contributed by atoms with Crippen molar-refractivity contribution in [3.05, 3.63) is 0 Å². The molecule has 3 nitrogen and oxygen atoms in total. The van der Waals surface area contributed by atoms with Gasteiger partial charge in [-0.15, -0.1) is 0 Å². The topological polar surface area (TPSA) is 32.3 Å². The Morgan fingerprint density at radius 2 is 1.68 bits per heavy atom. The first-order valence-corrected chi connectivity index (χ1v) is 7.92. The van der Waals surface area contributed by atoms with E-state index in [1.165, 1.54) is 12.8 Å². The summed E-state index contributed by atoms with van der Waals surface area (Å²) >= 11 is 0. The number of carbonyl (C=O) groups excluding carboxylic acids is 1. The van der Waals surface area contributed by atoms with Crippen LogP contribution in [0, 0.1) is 11.8 Å². The molecule has 112 valence electrons. The summed E-state index contributed by atoms with van der Waals surface area (Å²) in [6.07, 6.45) is 4.22. The van der Waals surface area contributed by atoms with Gasteiger partial charge in [0, 0.05) is 31.6 Å². The molecule has 1 heterocycles. The summed E-state index contributed by atoms with van der Waals surface area (Å²) in [5.41, 5.74) is 0. The van der Waals surface area contributed by atoms with Gasteiger partial charge in [-0.05, 0) is 38.0 Å². The Kier molecular flexibility index (Phi) is 6.84. The van der Waals surface area contributed by atoms with E-state index >= 15 is 0 Å². The zero-order valence-corrected chi connectivity index (χ0v) is 13.4. The van der Waals surface area contributed by atoms with Gasteiger partial charge in [-0.3, -0.25) is 4.79 Å². The number of nitrogens with zero attached hydrogens (tertiary/aromatic N) is 1. The Morgan fingerprint density at radius 1 is 1.11 bits per heavy atom. The monoisotopic (exact) mass is 268 g/mol. The first kappa shape index (κ1) is 16.5. The molecule has 1 fully saturated rings. The van der Waals surface area contributed by atoms with Crippen LogP contribution in [0.4, 0.5) is 0 Å². The van der Waals surface area contributed by atoms with E-state index in [2.05, 4.69) is 39.9 Å². The van der Waals surface area contributed by atoms with Gasteiger partial charge in [0.05, 0.1) is 0 Å². The number of carbonyl (C=O) groups is 1. The summed E-state index contributed by atoms with van der Waals surface area (Å²) in [5.74, 6) is 1.77. The minimum Gasteiger partial charge on any atom is -0.341 e. The Balaban J connectivity index is 2.40. The van der Waals surface area contributed by atoms with Crippen molar-refractivity contribution in [2.24, 2.45) is 11.8 Å². The minimum absolute atomic E-state index is 0.331. The van der Waals surface area contributed by atoms with Gasteiger partial charge >= 0.3 is 0 Å². The molecule has 19 heavy (non-hydrogen) atoms. The van der Waals surface area contributed by atoms with E-state index in [1.807, 2.05) is 4.90 Å². The van der Waals surface area contributed by atoms with Crippen LogP contribution in [-0.4, -0.2) is 36.0 Å². The van der Waals surface area contributed by atoms with Crippen LogP contribution in [0.1, 0.15) is 60.3 Å². The van der Waals surface area contributed by atoms with Crippen LogP contribution in [0.5, 0.6) is 0 Å². The van der Waals surface area contributed by atoms with E-state index in [0.717, 1.165) is 37.8 Å². The quantitative estimate of drug-likeness (QED) is 0.734. The summed E-state index contributed by atoms with van der Waals surface area (Å²) in [6, 6.07) is 0.970. The molecule has 1 amide bonds. The molecule has 0 aromatic heterocycles. The Bertz CT molecular complexity index is 266. The molecule has 0 bridgehead atoms. The lowest BCUT2D eigenvalue weighted by Gasteiger charge is -2.29. The predicted octanol–water partition coefficient (Wildman–Crippen LogP) is 3.05. The zero-order valence-electron chi connectivity index (χ0n) is 13.4. The minimum atomic E-state index is 0.331. The van der Waals surface area contributed by atoms with Gasteiger partial charge in [-0.25, -0.2) is 0 Å². The van der Waals surface area contributed by atoms with Crippen molar-refractivity contribution in [1.82, 2.24) is 10.2 Å². The highest BCUT2D eigenvalue weighted by molar-refractivity contribution is 5.78. The van der Waals surface area contributed by atoms with Crippen molar-refractivity contribution in [2.75, 3.05) is 13.1 Å². The normalized spacial score (nSPS) is 18.1. The highest BCUT2D eigenvalue weighted by Gasteiger charge is 2.23. The molecule has 0 saturated carbocycles. The molecular weight excluding hydrogens is 236 g/mol. The lowest BCUT2D eigenvalue weighted by Crippen LogP contribution is -2.45. The fourth-order valence-corrected chi connectivity index (χ4v) is 3.05. The number of likely N-dealkylation sites (tertiary alicyclic amines) is 1. The fourth-order valence-electron chi connectivity index (χ4n) is 3.05. The number of amides is 1. The van der Waals surface area contributed by atoms with Gasteiger partial charge in [0.15, 0.2) is 0 Å². The van der Waals surface area contributed by atoms with Crippen molar-refractivity contribution < 1.29 is 4.79 Å². The van der Waals surface area contributed by atoms with Gasteiger partial charge in [0.2, 0.25) is 5.91 Å².